The van der Waals surface area contributed by atoms with Crippen LogP contribution < -0.4 is 5.32 Å². The molecule has 1 N–H and O–H groups in total. The Labute approximate surface area is 197 Å². The van der Waals surface area contributed by atoms with E-state index >= 15 is 0 Å². The topological polar surface area (TPSA) is 103 Å². The number of aryl methyl sites for hydroxylation is 2. The predicted molar refractivity (Wildman–Crippen MR) is 122 cm³/mol. The number of rotatable bonds is 4. The molecule has 9 nitrogen and oxygen atoms in total. The predicted octanol–water partition coefficient (Wildman–Crippen LogP) is 1.91. The van der Waals surface area contributed by atoms with Gasteiger partial charge in [0.1, 0.15) is 11.6 Å². The van der Waals surface area contributed by atoms with Crippen LogP contribution in [0.1, 0.15) is 47.5 Å². The average molecular weight is 465 g/mol. The number of nitrogens with one attached hydrogen (secondary N) is 1. The minimum absolute atomic E-state index is 0.218. The van der Waals surface area contributed by atoms with Gasteiger partial charge in [0.05, 0.1) is 6.26 Å². The molecule has 0 saturated carbocycles. The van der Waals surface area contributed by atoms with Gasteiger partial charge in [-0.3, -0.25) is 14.4 Å². The fourth-order valence-corrected chi connectivity index (χ4v) is 5.15. The summed E-state index contributed by atoms with van der Waals surface area (Å²) in [5.74, 6) is -0.697. The van der Waals surface area contributed by atoms with Crippen molar-refractivity contribution < 1.29 is 23.6 Å². The van der Waals surface area contributed by atoms with Gasteiger partial charge in [-0.05, 0) is 61.9 Å². The van der Waals surface area contributed by atoms with Crippen molar-refractivity contribution in [2.75, 3.05) is 26.2 Å². The van der Waals surface area contributed by atoms with Crippen LogP contribution in [0.2, 0.25) is 0 Å². The van der Waals surface area contributed by atoms with Gasteiger partial charge in [0.15, 0.2) is 5.76 Å². The van der Waals surface area contributed by atoms with E-state index < -0.39 is 23.5 Å². The summed E-state index contributed by atoms with van der Waals surface area (Å²) in [6.45, 7) is 4.62. The van der Waals surface area contributed by atoms with E-state index in [9.17, 15) is 19.2 Å². The third kappa shape index (κ3) is 3.55. The number of carbonyl (C=O) groups is 4. The molecule has 1 aliphatic carbocycles. The zero-order chi connectivity index (χ0) is 24.0. The Morgan fingerprint density at radius 1 is 1.03 bits per heavy atom. The summed E-state index contributed by atoms with van der Waals surface area (Å²) < 4.78 is 5.17. The number of piperazine rings is 1. The second-order valence-corrected chi connectivity index (χ2v) is 9.34. The molecule has 1 aromatic carbocycles. The number of amides is 5. The Hall–Kier alpha value is -3.62. The standard InChI is InChI=1S/C25H28N4O5/c1-16(21(30)27-10-12-28(13-11-27)22(31)20-7-4-14-34-20)29-23(32)25(2,26-24(29)33)19-9-8-17-5-3-6-18(17)15-19/h4,7-9,14-16H,3,5-6,10-13H2,1-2H3,(H,26,33). The zero-order valence-electron chi connectivity index (χ0n) is 19.4. The second-order valence-electron chi connectivity index (χ2n) is 9.34. The third-order valence-electron chi connectivity index (χ3n) is 7.25. The van der Waals surface area contributed by atoms with Crippen LogP contribution in [0.5, 0.6) is 0 Å². The van der Waals surface area contributed by atoms with E-state index in [1.165, 1.54) is 17.4 Å². The Bertz CT molecular complexity index is 1150. The van der Waals surface area contributed by atoms with Gasteiger partial charge < -0.3 is 19.5 Å². The number of hydrogen-bond acceptors (Lipinski definition) is 5. The third-order valence-corrected chi connectivity index (χ3v) is 7.25. The molecule has 0 bridgehead atoms. The van der Waals surface area contributed by atoms with Gasteiger partial charge >= 0.3 is 6.03 Å². The van der Waals surface area contributed by atoms with Crippen LogP contribution in [0.25, 0.3) is 0 Å². The molecule has 0 spiro atoms. The van der Waals surface area contributed by atoms with Gasteiger partial charge in [0, 0.05) is 26.2 Å². The lowest BCUT2D eigenvalue weighted by molar-refractivity contribution is -0.143. The molecule has 9 heteroatoms. The molecule has 2 unspecified atom stereocenters. The number of hydrogen-bond donors (Lipinski definition) is 1. The highest BCUT2D eigenvalue weighted by molar-refractivity contribution is 6.10. The second kappa shape index (κ2) is 8.30. The molecule has 0 radical (unpaired) electrons. The van der Waals surface area contributed by atoms with Gasteiger partial charge in [-0.15, -0.1) is 0 Å². The minimum atomic E-state index is -1.21. The Kier molecular flexibility index (Phi) is 5.42. The molecule has 1 aromatic heterocycles. The zero-order valence-corrected chi connectivity index (χ0v) is 19.4. The van der Waals surface area contributed by atoms with Crippen LogP contribution >= 0.6 is 0 Å². The van der Waals surface area contributed by atoms with Crippen LogP contribution in [-0.2, 0) is 28.0 Å². The van der Waals surface area contributed by atoms with Gasteiger partial charge in [-0.2, -0.15) is 0 Å². The lowest BCUT2D eigenvalue weighted by Crippen LogP contribution is -2.56. The maximum atomic E-state index is 13.4. The highest BCUT2D eigenvalue weighted by Crippen LogP contribution is 2.33. The molecule has 2 atom stereocenters. The lowest BCUT2D eigenvalue weighted by atomic mass is 9.89. The maximum absolute atomic E-state index is 13.4. The molecule has 34 heavy (non-hydrogen) atoms. The van der Waals surface area contributed by atoms with Crippen molar-refractivity contribution in [1.82, 2.24) is 20.0 Å². The Morgan fingerprint density at radius 2 is 1.74 bits per heavy atom. The first kappa shape index (κ1) is 22.2. The van der Waals surface area contributed by atoms with Crippen LogP contribution in [0, 0.1) is 0 Å². The van der Waals surface area contributed by atoms with Crippen LogP contribution in [0.3, 0.4) is 0 Å². The highest BCUT2D eigenvalue weighted by Gasteiger charge is 2.52. The molecule has 2 saturated heterocycles. The van der Waals surface area contributed by atoms with Crippen molar-refractivity contribution in [1.29, 1.82) is 0 Å². The molecule has 2 aromatic rings. The smallest absolute Gasteiger partial charge is 0.326 e. The van der Waals surface area contributed by atoms with Crippen LogP contribution in [0.15, 0.2) is 41.0 Å². The fraction of sp³-hybridized carbons (Fsp3) is 0.440. The summed E-state index contributed by atoms with van der Waals surface area (Å²) >= 11 is 0. The number of urea groups is 1. The molecule has 5 rings (SSSR count). The first-order chi connectivity index (χ1) is 16.3. The van der Waals surface area contributed by atoms with Gasteiger partial charge in [0.25, 0.3) is 11.8 Å². The lowest BCUT2D eigenvalue weighted by Gasteiger charge is -2.36. The summed E-state index contributed by atoms with van der Waals surface area (Å²) in [7, 11) is 0. The molecular formula is C25H28N4O5. The van der Waals surface area contributed by atoms with Gasteiger partial charge in [0.2, 0.25) is 5.91 Å². The summed E-state index contributed by atoms with van der Waals surface area (Å²) in [5.41, 5.74) is 2.02. The molecule has 2 fully saturated rings. The number of carbonyl (C=O) groups excluding carboxylic acids is 4. The molecule has 5 amide bonds. The van der Waals surface area contributed by atoms with E-state index in [-0.39, 0.29) is 17.6 Å². The van der Waals surface area contributed by atoms with Gasteiger partial charge in [-0.1, -0.05) is 18.2 Å². The number of furan rings is 1. The van der Waals surface area contributed by atoms with Crippen molar-refractivity contribution in [2.45, 2.75) is 44.7 Å². The van der Waals surface area contributed by atoms with Crippen molar-refractivity contribution in [3.63, 3.8) is 0 Å². The van der Waals surface area contributed by atoms with Crippen molar-refractivity contribution in [2.24, 2.45) is 0 Å². The molecular weight excluding hydrogens is 436 g/mol. The van der Waals surface area contributed by atoms with E-state index in [0.717, 1.165) is 29.7 Å². The first-order valence-corrected chi connectivity index (χ1v) is 11.7. The summed E-state index contributed by atoms with van der Waals surface area (Å²) in [4.78, 5) is 56.3. The van der Waals surface area contributed by atoms with E-state index in [1.54, 1.807) is 35.8 Å². The number of imide groups is 1. The number of fused-ring (bicyclic) bond motifs is 1. The minimum Gasteiger partial charge on any atom is -0.459 e. The molecule has 178 valence electrons. The summed E-state index contributed by atoms with van der Waals surface area (Å²) in [6, 6.07) is 7.68. The summed E-state index contributed by atoms with van der Waals surface area (Å²) in [5, 5.41) is 2.82. The number of nitrogens with zero attached hydrogens (tertiary/aromatic N) is 3. The fourth-order valence-electron chi connectivity index (χ4n) is 5.15. The molecule has 3 aliphatic rings. The highest BCUT2D eigenvalue weighted by atomic mass is 16.3. The molecule has 3 heterocycles. The van der Waals surface area contributed by atoms with Crippen molar-refractivity contribution in [3.05, 3.63) is 59.0 Å². The monoisotopic (exact) mass is 464 g/mol. The van der Waals surface area contributed by atoms with E-state index in [2.05, 4.69) is 5.32 Å². The van der Waals surface area contributed by atoms with E-state index in [4.69, 9.17) is 4.42 Å². The Balaban J connectivity index is 1.27. The normalized spacial score (nSPS) is 23.2. The van der Waals surface area contributed by atoms with E-state index in [1.807, 2.05) is 18.2 Å². The largest absolute Gasteiger partial charge is 0.459 e. The summed E-state index contributed by atoms with van der Waals surface area (Å²) in [6.07, 6.45) is 4.54. The number of benzene rings is 1. The van der Waals surface area contributed by atoms with Crippen molar-refractivity contribution in [3.8, 4) is 0 Å². The van der Waals surface area contributed by atoms with Crippen molar-refractivity contribution >= 4 is 23.8 Å². The van der Waals surface area contributed by atoms with Crippen LogP contribution in [0.4, 0.5) is 4.79 Å². The molecule has 2 aliphatic heterocycles. The Morgan fingerprint density at radius 3 is 2.44 bits per heavy atom. The average Bonchev–Trinajstić information content (AvgIpc) is 3.58. The quantitative estimate of drug-likeness (QED) is 0.697. The first-order valence-electron chi connectivity index (χ1n) is 11.7. The van der Waals surface area contributed by atoms with Gasteiger partial charge in [-0.25, -0.2) is 9.69 Å². The van der Waals surface area contributed by atoms with E-state index in [0.29, 0.717) is 26.2 Å². The SMILES string of the molecule is CC(C(=O)N1CCN(C(=O)c2ccco2)CC1)N1C(=O)NC(C)(c2ccc3c(c2)CCC3)C1=O. The maximum Gasteiger partial charge on any atom is 0.326 e. The van der Waals surface area contributed by atoms with Crippen LogP contribution in [-0.4, -0.2) is 70.7 Å².